The fourth-order valence-electron chi connectivity index (χ4n) is 8.62. The van der Waals surface area contributed by atoms with E-state index < -0.39 is 12.2 Å². The Hall–Kier alpha value is -6.88. The number of carbonyl (C=O) groups excluding carboxylic acids is 2. The first kappa shape index (κ1) is 44.3. The van der Waals surface area contributed by atoms with Gasteiger partial charge in [-0.15, -0.1) is 0 Å². The van der Waals surface area contributed by atoms with Crippen LogP contribution in [0.2, 0.25) is 0 Å². The van der Waals surface area contributed by atoms with Crippen molar-refractivity contribution in [3.63, 3.8) is 0 Å². The highest BCUT2D eigenvalue weighted by molar-refractivity contribution is 6.01. The molecular formula is C44H54N14O8. The third kappa shape index (κ3) is 8.31. The minimum atomic E-state index is -0.525. The van der Waals surface area contributed by atoms with E-state index in [1.165, 1.54) is 21.4 Å². The van der Waals surface area contributed by atoms with Gasteiger partial charge in [0.15, 0.2) is 11.3 Å². The monoisotopic (exact) mass is 906 g/mol. The molecule has 2 amide bonds. The van der Waals surface area contributed by atoms with Crippen LogP contribution in [-0.2, 0) is 9.47 Å². The first-order valence-electron chi connectivity index (χ1n) is 22.1. The van der Waals surface area contributed by atoms with Gasteiger partial charge in [0.05, 0.1) is 61.0 Å². The molecule has 0 spiro atoms. The molecular weight excluding hydrogens is 853 g/mol. The van der Waals surface area contributed by atoms with E-state index in [0.29, 0.717) is 58.8 Å². The van der Waals surface area contributed by atoms with Gasteiger partial charge >= 0.3 is 0 Å². The highest BCUT2D eigenvalue weighted by Crippen LogP contribution is 2.35. The van der Waals surface area contributed by atoms with Crippen LogP contribution in [0.1, 0.15) is 84.2 Å². The number of amides is 2. The Labute approximate surface area is 377 Å². The summed E-state index contributed by atoms with van der Waals surface area (Å²) in [6.45, 7) is 0. The smallest absolute Gasteiger partial charge is 0.274 e. The van der Waals surface area contributed by atoms with Gasteiger partial charge in [0.25, 0.3) is 22.9 Å². The molecule has 22 nitrogen and oxygen atoms in total. The fourth-order valence-corrected chi connectivity index (χ4v) is 8.62. The fraction of sp³-hybridized carbons (Fsp3) is 0.455. The summed E-state index contributed by atoms with van der Waals surface area (Å²) in [6, 6.07) is 9.97. The molecule has 0 bridgehead atoms. The summed E-state index contributed by atoms with van der Waals surface area (Å²) in [4.78, 5) is 60.9. The minimum absolute atomic E-state index is 0.0135. The number of aromatic nitrogens is 8. The zero-order valence-corrected chi connectivity index (χ0v) is 37.0. The van der Waals surface area contributed by atoms with Gasteiger partial charge in [-0.3, -0.25) is 19.2 Å². The molecule has 4 fully saturated rings. The number of aliphatic hydroxyl groups excluding tert-OH is 2. The number of nitrogens with zero attached hydrogens (tertiary/aromatic N) is 8. The number of pyridine rings is 2. The van der Waals surface area contributed by atoms with Crippen molar-refractivity contribution in [2.24, 2.45) is 0 Å². The Balaban J connectivity index is 0.000000166. The van der Waals surface area contributed by atoms with Crippen LogP contribution in [0.25, 0.3) is 11.3 Å². The van der Waals surface area contributed by atoms with Crippen molar-refractivity contribution < 1.29 is 29.3 Å². The number of rotatable bonds is 14. The van der Waals surface area contributed by atoms with E-state index in [0.717, 1.165) is 38.5 Å². The standard InChI is InChI=1S/2C22H27N7O4/c2*1-23-19-10-18(25-14-4-3-9-28(22(14)32)15-6-8-17(15)33-2)27-20-12(11-24-29(19)20)21(31)26-13-5-7-16(13)30/h2*3-4,9-11,13,15-17,23,30H,5-8H2,1-2H3,(H,25,27)(H,26,31)/t13-,15+,16-,17+;13-,15-,16-,17-/m10/s1. The molecule has 4 aliphatic rings. The maximum Gasteiger partial charge on any atom is 0.274 e. The molecule has 0 saturated heterocycles. The Morgan fingerprint density at radius 1 is 0.636 bits per heavy atom. The van der Waals surface area contributed by atoms with Gasteiger partial charge < -0.3 is 60.7 Å². The topological polar surface area (TPSA) is 270 Å². The third-order valence-electron chi connectivity index (χ3n) is 13.2. The number of hydrogen-bond acceptors (Lipinski definition) is 16. The quantitative estimate of drug-likeness (QED) is 0.0781. The van der Waals surface area contributed by atoms with E-state index in [2.05, 4.69) is 52.1 Å². The van der Waals surface area contributed by atoms with Gasteiger partial charge in [-0.1, -0.05) is 0 Å². The predicted octanol–water partition coefficient (Wildman–Crippen LogP) is 2.56. The summed E-state index contributed by atoms with van der Waals surface area (Å²) in [5.41, 5.74) is 1.68. The summed E-state index contributed by atoms with van der Waals surface area (Å²) < 4.78 is 17.3. The number of carbonyl (C=O) groups is 2. The van der Waals surface area contributed by atoms with Crippen molar-refractivity contribution in [2.45, 2.75) is 99.9 Å². The Bertz CT molecular complexity index is 2700. The molecule has 6 aromatic heterocycles. The van der Waals surface area contributed by atoms with Crippen LogP contribution < -0.4 is 43.0 Å². The number of nitrogens with one attached hydrogen (secondary N) is 6. The summed E-state index contributed by atoms with van der Waals surface area (Å²) >= 11 is 0. The van der Waals surface area contributed by atoms with Crippen LogP contribution >= 0.6 is 0 Å². The van der Waals surface area contributed by atoms with Crippen LogP contribution in [0.15, 0.2) is 70.8 Å². The number of hydrogen-bond donors (Lipinski definition) is 8. The molecule has 8 atom stereocenters. The number of ether oxygens (including phenoxy) is 2. The lowest BCUT2D eigenvalue weighted by atomic mass is 9.88. The molecule has 6 heterocycles. The lowest BCUT2D eigenvalue weighted by molar-refractivity contribution is -0.0103. The molecule has 348 valence electrons. The zero-order chi connectivity index (χ0) is 46.2. The van der Waals surface area contributed by atoms with Crippen molar-refractivity contribution >= 4 is 57.8 Å². The molecule has 0 aromatic carbocycles. The lowest BCUT2D eigenvalue weighted by Crippen LogP contribution is -2.50. The second-order valence-electron chi connectivity index (χ2n) is 16.9. The molecule has 6 aromatic rings. The van der Waals surface area contributed by atoms with Crippen LogP contribution in [0.3, 0.4) is 0 Å². The number of anilines is 6. The molecule has 0 aliphatic heterocycles. The largest absolute Gasteiger partial charge is 0.391 e. The molecule has 0 unspecified atom stereocenters. The highest BCUT2D eigenvalue weighted by Gasteiger charge is 2.35. The van der Waals surface area contributed by atoms with E-state index in [1.807, 2.05) is 12.1 Å². The van der Waals surface area contributed by atoms with Gasteiger partial charge in [-0.2, -0.15) is 19.2 Å². The van der Waals surface area contributed by atoms with Crippen molar-refractivity contribution in [2.75, 3.05) is 49.6 Å². The van der Waals surface area contributed by atoms with Crippen molar-refractivity contribution in [3.05, 3.63) is 93.0 Å². The van der Waals surface area contributed by atoms with Crippen molar-refractivity contribution in [1.82, 2.24) is 49.0 Å². The molecule has 22 heteroatoms. The minimum Gasteiger partial charge on any atom is -0.391 e. The summed E-state index contributed by atoms with van der Waals surface area (Å²) in [6.07, 6.45) is 11.9. The van der Waals surface area contributed by atoms with E-state index in [-0.39, 0.29) is 70.4 Å². The van der Waals surface area contributed by atoms with Crippen molar-refractivity contribution in [3.8, 4) is 0 Å². The van der Waals surface area contributed by atoms with Gasteiger partial charge in [0.2, 0.25) is 0 Å². The average molecular weight is 907 g/mol. The number of methoxy groups -OCH3 is 2. The van der Waals surface area contributed by atoms with Crippen LogP contribution in [0.5, 0.6) is 0 Å². The SMILES string of the molecule is CNc1cc(Nc2cccn([C@H]3CC[C@@H]3OC)c2=O)nc2c(C(=O)N[C@@H]3CC[C@H]3O)cnn12.CNc1cc(Nc2cccn([C@H]3CC[C@@H]3OC)c2=O)nc2c(C(=O)N[C@H]3CC[C@@H]3O)cnn12. The molecule has 10 rings (SSSR count). The second kappa shape index (κ2) is 18.5. The second-order valence-corrected chi connectivity index (χ2v) is 16.9. The van der Waals surface area contributed by atoms with E-state index in [9.17, 15) is 29.4 Å². The first-order chi connectivity index (χ1) is 32.0. The summed E-state index contributed by atoms with van der Waals surface area (Å²) in [7, 11) is 6.80. The normalized spacial score (nSPS) is 24.1. The Morgan fingerprint density at radius 3 is 1.38 bits per heavy atom. The summed E-state index contributed by atoms with van der Waals surface area (Å²) in [5.74, 6) is 1.30. The van der Waals surface area contributed by atoms with Gasteiger partial charge in [-0.25, -0.2) is 9.97 Å². The molecule has 66 heavy (non-hydrogen) atoms. The predicted molar refractivity (Wildman–Crippen MR) is 244 cm³/mol. The molecule has 8 N–H and O–H groups in total. The molecule has 4 aliphatic carbocycles. The maximum absolute atomic E-state index is 13.1. The van der Waals surface area contributed by atoms with E-state index in [4.69, 9.17) is 9.47 Å². The van der Waals surface area contributed by atoms with E-state index in [1.54, 1.807) is 74.1 Å². The van der Waals surface area contributed by atoms with Crippen LogP contribution in [0.4, 0.5) is 34.6 Å². The van der Waals surface area contributed by atoms with Gasteiger partial charge in [0.1, 0.15) is 45.8 Å². The number of fused-ring (bicyclic) bond motifs is 2. The van der Waals surface area contributed by atoms with E-state index >= 15 is 0 Å². The Kier molecular flexibility index (Phi) is 12.5. The molecule has 0 radical (unpaired) electrons. The van der Waals surface area contributed by atoms with Crippen LogP contribution in [0, 0.1) is 0 Å². The third-order valence-corrected chi connectivity index (χ3v) is 13.2. The summed E-state index contributed by atoms with van der Waals surface area (Å²) in [5, 5.41) is 46.1. The number of aliphatic hydroxyl groups is 2. The van der Waals surface area contributed by atoms with Crippen molar-refractivity contribution in [1.29, 1.82) is 0 Å². The average Bonchev–Trinajstić information content (AvgIpc) is 3.93. The first-order valence-corrected chi connectivity index (χ1v) is 22.1. The maximum atomic E-state index is 13.1. The Morgan fingerprint density at radius 2 is 1.06 bits per heavy atom. The lowest BCUT2D eigenvalue weighted by Gasteiger charge is -2.36. The van der Waals surface area contributed by atoms with Gasteiger partial charge in [-0.05, 0) is 75.6 Å². The van der Waals surface area contributed by atoms with Gasteiger partial charge in [0, 0.05) is 52.8 Å². The zero-order valence-electron chi connectivity index (χ0n) is 37.0. The molecule has 4 saturated carbocycles. The highest BCUT2D eigenvalue weighted by atomic mass is 16.5. The van der Waals surface area contributed by atoms with Crippen LogP contribution in [-0.4, -0.2) is 125 Å².